The first-order valence-electron chi connectivity index (χ1n) is 8.15. The molecule has 0 radical (unpaired) electrons. The van der Waals surface area contributed by atoms with Gasteiger partial charge in [-0.2, -0.15) is 5.26 Å². The molecule has 0 spiro atoms. The van der Waals surface area contributed by atoms with Crippen molar-refractivity contribution in [1.29, 1.82) is 5.26 Å². The molecule has 7 heteroatoms. The molecule has 0 aliphatic heterocycles. The molecule has 3 rings (SSSR count). The van der Waals surface area contributed by atoms with Crippen LogP contribution < -0.4 is 0 Å². The van der Waals surface area contributed by atoms with Crippen molar-refractivity contribution in [3.05, 3.63) is 63.9 Å². The smallest absolute Gasteiger partial charge is 0.247 e. The number of carbonyl (C=O) groups is 1. The van der Waals surface area contributed by atoms with E-state index in [1.165, 1.54) is 17.4 Å². The second-order valence-corrected chi connectivity index (χ2v) is 6.94. The van der Waals surface area contributed by atoms with E-state index in [1.54, 1.807) is 23.1 Å². The number of thiazole rings is 1. The molecule has 0 saturated carbocycles. The number of hydrogen-bond donors (Lipinski definition) is 0. The van der Waals surface area contributed by atoms with Gasteiger partial charge in [-0.1, -0.05) is 23.7 Å². The molecule has 0 fully saturated rings. The molecule has 1 amide bonds. The van der Waals surface area contributed by atoms with Gasteiger partial charge in [0.25, 0.3) is 0 Å². The fraction of sp³-hybridized carbons (Fsp3) is 0.211. The fourth-order valence-electron chi connectivity index (χ4n) is 2.81. The number of nitriles is 1. The number of aromatic nitrogens is 2. The van der Waals surface area contributed by atoms with E-state index in [0.29, 0.717) is 23.0 Å². The Morgan fingerprint density at radius 1 is 1.46 bits per heavy atom. The van der Waals surface area contributed by atoms with E-state index in [1.807, 2.05) is 42.0 Å². The highest BCUT2D eigenvalue weighted by atomic mass is 35.5. The molecule has 0 aliphatic rings. The molecular formula is C19H17ClN4OS. The highest BCUT2D eigenvalue weighted by Gasteiger charge is 2.18. The van der Waals surface area contributed by atoms with Crippen LogP contribution >= 0.6 is 22.9 Å². The lowest BCUT2D eigenvalue weighted by Crippen LogP contribution is -2.32. The van der Waals surface area contributed by atoms with E-state index in [9.17, 15) is 4.79 Å². The number of nitrogens with zero attached hydrogens (tertiary/aromatic N) is 4. The van der Waals surface area contributed by atoms with Crippen molar-refractivity contribution in [2.75, 3.05) is 6.54 Å². The SMILES string of the molecule is CCN(C(=O)/C=C/c1c(Cl)nc2sccn12)C(C)c1ccc(C#N)cc1. The number of benzene rings is 1. The van der Waals surface area contributed by atoms with E-state index in [0.717, 1.165) is 10.5 Å². The quantitative estimate of drug-likeness (QED) is 0.606. The van der Waals surface area contributed by atoms with Gasteiger partial charge in [-0.05, 0) is 37.6 Å². The van der Waals surface area contributed by atoms with Gasteiger partial charge < -0.3 is 4.90 Å². The van der Waals surface area contributed by atoms with Crippen LogP contribution in [0.15, 0.2) is 41.9 Å². The van der Waals surface area contributed by atoms with Crippen LogP contribution in [0.3, 0.4) is 0 Å². The lowest BCUT2D eigenvalue weighted by atomic mass is 10.0. The Hall–Kier alpha value is -2.62. The minimum Gasteiger partial charge on any atom is -0.333 e. The Labute approximate surface area is 160 Å². The molecule has 5 nitrogen and oxygen atoms in total. The van der Waals surface area contributed by atoms with Gasteiger partial charge in [-0.15, -0.1) is 11.3 Å². The van der Waals surface area contributed by atoms with E-state index < -0.39 is 0 Å². The van der Waals surface area contributed by atoms with Crippen LogP contribution in [-0.4, -0.2) is 26.7 Å². The van der Waals surface area contributed by atoms with Gasteiger partial charge in [-0.25, -0.2) is 4.98 Å². The summed E-state index contributed by atoms with van der Waals surface area (Å²) in [5.74, 6) is -0.106. The Morgan fingerprint density at radius 3 is 2.85 bits per heavy atom. The maximum atomic E-state index is 12.7. The second kappa shape index (κ2) is 7.73. The Bertz CT molecular complexity index is 997. The lowest BCUT2D eigenvalue weighted by molar-refractivity contribution is -0.127. The maximum Gasteiger partial charge on any atom is 0.247 e. The van der Waals surface area contributed by atoms with Crippen LogP contribution in [0.4, 0.5) is 0 Å². The first-order chi connectivity index (χ1) is 12.5. The van der Waals surface area contributed by atoms with Crippen molar-refractivity contribution in [3.8, 4) is 6.07 Å². The Balaban J connectivity index is 1.80. The van der Waals surface area contributed by atoms with Crippen molar-refractivity contribution in [3.63, 3.8) is 0 Å². The number of carbonyl (C=O) groups excluding carboxylic acids is 1. The maximum absolute atomic E-state index is 12.7. The summed E-state index contributed by atoms with van der Waals surface area (Å²) in [5, 5.41) is 11.2. The number of imidazole rings is 1. The van der Waals surface area contributed by atoms with Crippen LogP contribution in [0.25, 0.3) is 11.0 Å². The van der Waals surface area contributed by atoms with Gasteiger partial charge >= 0.3 is 0 Å². The summed E-state index contributed by atoms with van der Waals surface area (Å²) in [6, 6.07) is 9.28. The molecule has 1 aromatic carbocycles. The molecular weight excluding hydrogens is 368 g/mol. The highest BCUT2D eigenvalue weighted by molar-refractivity contribution is 7.15. The number of rotatable bonds is 5. The van der Waals surface area contributed by atoms with Gasteiger partial charge in [-0.3, -0.25) is 9.20 Å². The van der Waals surface area contributed by atoms with E-state index in [4.69, 9.17) is 16.9 Å². The molecule has 0 N–H and O–H groups in total. The van der Waals surface area contributed by atoms with E-state index in [-0.39, 0.29) is 11.9 Å². The predicted octanol–water partition coefficient (Wildman–Crippen LogP) is 4.54. The third-order valence-electron chi connectivity index (χ3n) is 4.25. The summed E-state index contributed by atoms with van der Waals surface area (Å²) >= 11 is 7.65. The van der Waals surface area contributed by atoms with Crippen LogP contribution in [0, 0.1) is 11.3 Å². The average molecular weight is 385 g/mol. The minimum atomic E-state index is -0.106. The van der Waals surface area contributed by atoms with Crippen LogP contribution in [-0.2, 0) is 4.79 Å². The molecule has 2 aromatic heterocycles. The van der Waals surface area contributed by atoms with Crippen molar-refractivity contribution in [2.45, 2.75) is 19.9 Å². The molecule has 0 bridgehead atoms. The lowest BCUT2D eigenvalue weighted by Gasteiger charge is -2.27. The standard InChI is InChI=1S/C19H17ClN4OS/c1-3-23(13(2)15-6-4-14(12-21)5-7-15)17(25)9-8-16-18(20)22-19-24(16)10-11-26-19/h4-11,13H,3H2,1-2H3/b9-8+. The average Bonchev–Trinajstić information content (AvgIpc) is 3.21. The number of amides is 1. The van der Waals surface area contributed by atoms with Gasteiger partial charge in [0, 0.05) is 24.2 Å². The van der Waals surface area contributed by atoms with E-state index in [2.05, 4.69) is 11.1 Å². The molecule has 1 atom stereocenters. The number of fused-ring (bicyclic) bond motifs is 1. The third kappa shape index (κ3) is 3.50. The van der Waals surface area contributed by atoms with E-state index >= 15 is 0 Å². The first kappa shape index (κ1) is 18.2. The third-order valence-corrected chi connectivity index (χ3v) is 5.29. The normalized spacial score (nSPS) is 12.4. The molecule has 2 heterocycles. The molecule has 132 valence electrons. The molecule has 0 aliphatic carbocycles. The summed E-state index contributed by atoms with van der Waals surface area (Å²) in [6.07, 6.45) is 5.10. The van der Waals surface area contributed by atoms with Crippen molar-refractivity contribution in [1.82, 2.24) is 14.3 Å². The zero-order valence-corrected chi connectivity index (χ0v) is 16.0. The monoisotopic (exact) mass is 384 g/mol. The summed E-state index contributed by atoms with van der Waals surface area (Å²) in [7, 11) is 0. The number of likely N-dealkylation sites (N-methyl/N-ethyl adjacent to an activating group) is 1. The fourth-order valence-corrected chi connectivity index (χ4v) is 3.81. The molecule has 3 aromatic rings. The summed E-state index contributed by atoms with van der Waals surface area (Å²) in [6.45, 7) is 4.48. The van der Waals surface area contributed by atoms with Crippen molar-refractivity contribution < 1.29 is 4.79 Å². The zero-order chi connectivity index (χ0) is 18.7. The van der Waals surface area contributed by atoms with Gasteiger partial charge in [0.1, 0.15) is 0 Å². The van der Waals surface area contributed by atoms with Crippen LogP contribution in [0.2, 0.25) is 5.15 Å². The van der Waals surface area contributed by atoms with Crippen molar-refractivity contribution in [2.24, 2.45) is 0 Å². The van der Waals surface area contributed by atoms with Gasteiger partial charge in [0.2, 0.25) is 5.91 Å². The Kier molecular flexibility index (Phi) is 5.40. The second-order valence-electron chi connectivity index (χ2n) is 5.71. The summed E-state index contributed by atoms with van der Waals surface area (Å²) < 4.78 is 1.86. The number of halogens is 1. The van der Waals surface area contributed by atoms with Gasteiger partial charge in [0.15, 0.2) is 10.1 Å². The minimum absolute atomic E-state index is 0.105. The van der Waals surface area contributed by atoms with Gasteiger partial charge in [0.05, 0.1) is 23.4 Å². The topological polar surface area (TPSA) is 61.4 Å². The highest BCUT2D eigenvalue weighted by Crippen LogP contribution is 2.24. The van der Waals surface area contributed by atoms with Crippen molar-refractivity contribution >= 4 is 39.9 Å². The summed E-state index contributed by atoms with van der Waals surface area (Å²) in [4.78, 5) is 19.5. The predicted molar refractivity (Wildman–Crippen MR) is 104 cm³/mol. The molecule has 0 saturated heterocycles. The zero-order valence-electron chi connectivity index (χ0n) is 14.4. The largest absolute Gasteiger partial charge is 0.333 e. The number of hydrogen-bond acceptors (Lipinski definition) is 4. The first-order valence-corrected chi connectivity index (χ1v) is 9.40. The summed E-state index contributed by atoms with van der Waals surface area (Å²) in [5.41, 5.74) is 2.28. The molecule has 26 heavy (non-hydrogen) atoms. The Morgan fingerprint density at radius 2 is 2.19 bits per heavy atom. The van der Waals surface area contributed by atoms with Crippen LogP contribution in [0.5, 0.6) is 0 Å². The molecule has 1 unspecified atom stereocenters. The van der Waals surface area contributed by atoms with Crippen LogP contribution in [0.1, 0.15) is 36.7 Å².